The maximum Gasteiger partial charge on any atom is 0.303 e. The Morgan fingerprint density at radius 3 is 2.17 bits per heavy atom. The second kappa shape index (κ2) is 17.5. The van der Waals surface area contributed by atoms with Crippen molar-refractivity contribution >= 4 is 5.97 Å². The highest BCUT2D eigenvalue weighted by Gasteiger charge is 2.11. The molecule has 0 aliphatic heterocycles. The van der Waals surface area contributed by atoms with Crippen molar-refractivity contribution in [2.45, 2.75) is 116 Å². The predicted molar refractivity (Wildman–Crippen MR) is 119 cm³/mol. The monoisotopic (exact) mass is 406 g/mol. The molecule has 2 unspecified atom stereocenters. The van der Waals surface area contributed by atoms with E-state index in [-0.39, 0.29) is 12.2 Å². The van der Waals surface area contributed by atoms with Gasteiger partial charge >= 0.3 is 5.97 Å². The summed E-state index contributed by atoms with van der Waals surface area (Å²) < 4.78 is 6.22. The van der Waals surface area contributed by atoms with Crippen LogP contribution in [0.3, 0.4) is 0 Å². The first-order valence-corrected chi connectivity index (χ1v) is 11.7. The van der Waals surface area contributed by atoms with Crippen molar-refractivity contribution in [3.8, 4) is 0 Å². The zero-order valence-corrected chi connectivity index (χ0v) is 18.4. The standard InChI is InChI=1S/C25H42O4/c1-2-3-16-23(26)17-13-19-24(29-21-22-14-9-8-10-15-22)18-11-6-4-5-7-12-20-25(27)28/h8-10,14-15,23-24,26H,2-7,11-13,16-21H2,1H3,(H,27,28). The highest BCUT2D eigenvalue weighted by molar-refractivity contribution is 5.66. The molecular formula is C25H42O4. The lowest BCUT2D eigenvalue weighted by atomic mass is 10.0. The lowest BCUT2D eigenvalue weighted by molar-refractivity contribution is -0.137. The van der Waals surface area contributed by atoms with Crippen LogP contribution in [0.2, 0.25) is 0 Å². The van der Waals surface area contributed by atoms with Crippen molar-refractivity contribution in [3.05, 3.63) is 35.9 Å². The van der Waals surface area contributed by atoms with Gasteiger partial charge in [-0.3, -0.25) is 4.79 Å². The number of ether oxygens (including phenoxy) is 1. The maximum atomic E-state index is 10.5. The van der Waals surface area contributed by atoms with Gasteiger partial charge < -0.3 is 14.9 Å². The van der Waals surface area contributed by atoms with Gasteiger partial charge in [-0.1, -0.05) is 82.2 Å². The van der Waals surface area contributed by atoms with Crippen LogP contribution in [-0.4, -0.2) is 28.4 Å². The first-order chi connectivity index (χ1) is 14.1. The Morgan fingerprint density at radius 1 is 0.862 bits per heavy atom. The zero-order valence-electron chi connectivity index (χ0n) is 18.4. The van der Waals surface area contributed by atoms with Crippen LogP contribution in [0.5, 0.6) is 0 Å². The molecule has 1 aromatic carbocycles. The molecule has 0 amide bonds. The smallest absolute Gasteiger partial charge is 0.303 e. The zero-order chi connectivity index (χ0) is 21.2. The molecule has 0 aliphatic rings. The first-order valence-electron chi connectivity index (χ1n) is 11.7. The third kappa shape index (κ3) is 15.2. The largest absolute Gasteiger partial charge is 0.481 e. The van der Waals surface area contributed by atoms with Gasteiger partial charge in [0, 0.05) is 6.42 Å². The van der Waals surface area contributed by atoms with Crippen molar-refractivity contribution < 1.29 is 19.7 Å². The Hall–Kier alpha value is -1.39. The molecule has 4 heteroatoms. The number of hydrogen-bond donors (Lipinski definition) is 2. The second-order valence-electron chi connectivity index (χ2n) is 8.20. The van der Waals surface area contributed by atoms with Crippen LogP contribution in [0.4, 0.5) is 0 Å². The molecule has 0 fully saturated rings. The van der Waals surface area contributed by atoms with E-state index >= 15 is 0 Å². The van der Waals surface area contributed by atoms with Gasteiger partial charge in [-0.25, -0.2) is 0 Å². The van der Waals surface area contributed by atoms with E-state index in [1.54, 1.807) is 0 Å². The normalized spacial score (nSPS) is 13.3. The van der Waals surface area contributed by atoms with Gasteiger partial charge in [0.15, 0.2) is 0 Å². The Morgan fingerprint density at radius 2 is 1.48 bits per heavy atom. The van der Waals surface area contributed by atoms with Crippen LogP contribution in [0.1, 0.15) is 102 Å². The van der Waals surface area contributed by atoms with Gasteiger partial charge in [-0.05, 0) is 44.1 Å². The lowest BCUT2D eigenvalue weighted by Crippen LogP contribution is -2.15. The molecular weight excluding hydrogens is 364 g/mol. The average molecular weight is 407 g/mol. The Kier molecular flexibility index (Phi) is 15.4. The molecule has 0 bridgehead atoms. The molecule has 0 radical (unpaired) electrons. The molecule has 2 N–H and O–H groups in total. The van der Waals surface area contributed by atoms with Crippen LogP contribution in [0.15, 0.2) is 30.3 Å². The summed E-state index contributed by atoms with van der Waals surface area (Å²) in [5.74, 6) is -0.691. The molecule has 2 atom stereocenters. The van der Waals surface area contributed by atoms with Crippen molar-refractivity contribution in [3.63, 3.8) is 0 Å². The molecule has 0 aliphatic carbocycles. The molecule has 0 aromatic heterocycles. The fourth-order valence-corrected chi connectivity index (χ4v) is 3.62. The molecule has 29 heavy (non-hydrogen) atoms. The number of benzene rings is 1. The Labute approximate surface area is 177 Å². The number of carboxylic acids is 1. The van der Waals surface area contributed by atoms with Crippen molar-refractivity contribution in [2.75, 3.05) is 0 Å². The average Bonchev–Trinajstić information content (AvgIpc) is 2.72. The summed E-state index contributed by atoms with van der Waals surface area (Å²) in [5, 5.41) is 18.7. The van der Waals surface area contributed by atoms with Gasteiger partial charge in [0.1, 0.15) is 0 Å². The molecule has 1 rings (SSSR count). The summed E-state index contributed by atoms with van der Waals surface area (Å²) in [4.78, 5) is 10.5. The third-order valence-electron chi connectivity index (χ3n) is 5.45. The highest BCUT2D eigenvalue weighted by Crippen LogP contribution is 2.18. The number of unbranched alkanes of at least 4 members (excludes halogenated alkanes) is 6. The van der Waals surface area contributed by atoms with Gasteiger partial charge in [0.05, 0.1) is 18.8 Å². The predicted octanol–water partition coefficient (Wildman–Crippen LogP) is 6.50. The van der Waals surface area contributed by atoms with Gasteiger partial charge in [0.2, 0.25) is 0 Å². The van der Waals surface area contributed by atoms with E-state index in [0.29, 0.717) is 13.0 Å². The number of hydrogen-bond acceptors (Lipinski definition) is 3. The second-order valence-corrected chi connectivity index (χ2v) is 8.20. The third-order valence-corrected chi connectivity index (χ3v) is 5.45. The van der Waals surface area contributed by atoms with Crippen LogP contribution >= 0.6 is 0 Å². The molecule has 0 saturated carbocycles. The topological polar surface area (TPSA) is 66.8 Å². The number of carboxylic acid groups (broad SMARTS) is 1. The molecule has 0 spiro atoms. The minimum absolute atomic E-state index is 0.171. The van der Waals surface area contributed by atoms with E-state index in [9.17, 15) is 9.90 Å². The summed E-state index contributed by atoms with van der Waals surface area (Å²) >= 11 is 0. The fourth-order valence-electron chi connectivity index (χ4n) is 3.62. The number of carbonyl (C=O) groups is 1. The van der Waals surface area contributed by atoms with Crippen LogP contribution in [0.25, 0.3) is 0 Å². The van der Waals surface area contributed by atoms with E-state index in [0.717, 1.165) is 70.6 Å². The summed E-state index contributed by atoms with van der Waals surface area (Å²) in [7, 11) is 0. The molecule has 0 heterocycles. The summed E-state index contributed by atoms with van der Waals surface area (Å²) in [6.07, 6.45) is 13.9. The minimum atomic E-state index is -0.691. The van der Waals surface area contributed by atoms with E-state index in [2.05, 4.69) is 19.1 Å². The SMILES string of the molecule is CCCCC(O)CCCC(CCCCCCCCC(=O)O)OCc1ccccc1. The Balaban J connectivity index is 2.25. The Bertz CT molecular complexity index is 503. The van der Waals surface area contributed by atoms with Crippen LogP contribution in [-0.2, 0) is 16.1 Å². The van der Waals surface area contributed by atoms with Gasteiger partial charge in [-0.15, -0.1) is 0 Å². The van der Waals surface area contributed by atoms with E-state index in [1.807, 2.05) is 18.2 Å². The van der Waals surface area contributed by atoms with E-state index < -0.39 is 5.97 Å². The van der Waals surface area contributed by atoms with Crippen LogP contribution < -0.4 is 0 Å². The van der Waals surface area contributed by atoms with Gasteiger partial charge in [-0.2, -0.15) is 0 Å². The number of aliphatic hydroxyl groups excluding tert-OH is 1. The van der Waals surface area contributed by atoms with E-state index in [1.165, 1.54) is 18.4 Å². The summed E-state index contributed by atoms with van der Waals surface area (Å²) in [6.45, 7) is 2.81. The number of aliphatic hydroxyl groups is 1. The molecule has 1 aromatic rings. The summed E-state index contributed by atoms with van der Waals surface area (Å²) in [6, 6.07) is 10.3. The van der Waals surface area contributed by atoms with Crippen molar-refractivity contribution in [1.82, 2.24) is 0 Å². The first kappa shape index (κ1) is 25.6. The maximum absolute atomic E-state index is 10.5. The van der Waals surface area contributed by atoms with Crippen molar-refractivity contribution in [2.24, 2.45) is 0 Å². The van der Waals surface area contributed by atoms with Gasteiger partial charge in [0.25, 0.3) is 0 Å². The lowest BCUT2D eigenvalue weighted by Gasteiger charge is -2.19. The highest BCUT2D eigenvalue weighted by atomic mass is 16.5. The number of aliphatic carboxylic acids is 1. The fraction of sp³-hybridized carbons (Fsp3) is 0.720. The quantitative estimate of drug-likeness (QED) is 0.257. The van der Waals surface area contributed by atoms with E-state index in [4.69, 9.17) is 9.84 Å². The molecule has 166 valence electrons. The number of rotatable bonds is 19. The summed E-state index contributed by atoms with van der Waals surface area (Å²) in [5.41, 5.74) is 1.21. The molecule has 0 saturated heterocycles. The van der Waals surface area contributed by atoms with Crippen LogP contribution in [0, 0.1) is 0 Å². The molecule has 4 nitrogen and oxygen atoms in total. The minimum Gasteiger partial charge on any atom is -0.481 e. The van der Waals surface area contributed by atoms with Crippen molar-refractivity contribution in [1.29, 1.82) is 0 Å².